The second kappa shape index (κ2) is 14.7. The summed E-state index contributed by atoms with van der Waals surface area (Å²) in [6, 6.07) is 0. The Bertz CT molecular complexity index is 106. The predicted molar refractivity (Wildman–Crippen MR) is 51.9 cm³/mol. The Morgan fingerprint density at radius 1 is 1.58 bits per heavy atom. The van der Waals surface area contributed by atoms with Gasteiger partial charge in [-0.2, -0.15) is 0 Å². The van der Waals surface area contributed by atoms with E-state index in [-0.39, 0.29) is 44.8 Å². The van der Waals surface area contributed by atoms with Crippen LogP contribution in [-0.2, 0) is 42.2 Å². The van der Waals surface area contributed by atoms with E-state index in [2.05, 4.69) is 6.26 Å². The summed E-state index contributed by atoms with van der Waals surface area (Å²) in [6.45, 7) is 2.28. The molecule has 0 heterocycles. The Kier molecular flexibility index (Phi) is 23.2. The summed E-state index contributed by atoms with van der Waals surface area (Å²) in [7, 11) is 3.03. The number of ether oxygens (including phenoxy) is 1. The Morgan fingerprint density at radius 3 is 2.58 bits per heavy atom. The van der Waals surface area contributed by atoms with Gasteiger partial charge >= 0.3 is 5.97 Å². The van der Waals surface area contributed by atoms with Gasteiger partial charge in [-0.15, -0.1) is 10.8 Å². The molecule has 0 atom stereocenters. The predicted octanol–water partition coefficient (Wildman–Crippen LogP) is 2.83. The first-order valence-corrected chi connectivity index (χ1v) is 5.49. The van der Waals surface area contributed by atoms with Crippen LogP contribution in [0.25, 0.3) is 6.15 Å². The molecule has 12 heavy (non-hydrogen) atoms. The summed E-state index contributed by atoms with van der Waals surface area (Å²) in [5, 5.41) is 0. The number of hydrogen-bond acceptors (Lipinski definition) is 4. The molecule has 0 aromatic heterocycles. The van der Waals surface area contributed by atoms with E-state index in [1.807, 2.05) is 0 Å². The van der Waals surface area contributed by atoms with Gasteiger partial charge in [-0.3, -0.25) is 21.8 Å². The fourth-order valence-electron chi connectivity index (χ4n) is 0.351. The van der Waals surface area contributed by atoms with Crippen LogP contribution in [0.5, 0.6) is 0 Å². The summed E-state index contributed by atoms with van der Waals surface area (Å²) >= 11 is 0. The maximum Gasteiger partial charge on any atom is 0.305 e. The average Bonchev–Trinajstić information content (AvgIpc) is 1.98. The van der Waals surface area contributed by atoms with Crippen LogP contribution in [-0.4, -0.2) is 18.3 Å². The topological polar surface area (TPSA) is 59.8 Å². The fourth-order valence-corrected chi connectivity index (χ4v) is 1.18. The maximum absolute atomic E-state index is 10.5. The molecule has 0 saturated carbocycles. The van der Waals surface area contributed by atoms with E-state index in [1.165, 1.54) is 10.8 Å². The van der Waals surface area contributed by atoms with Gasteiger partial charge in [0.1, 0.15) is 6.61 Å². The van der Waals surface area contributed by atoms with Crippen LogP contribution < -0.4 is 0 Å². The van der Waals surface area contributed by atoms with Crippen molar-refractivity contribution in [1.29, 1.82) is 0 Å². The number of carbonyl (C=O) groups excluding carboxylic acids is 1. The summed E-state index contributed by atoms with van der Waals surface area (Å²) in [4.78, 5) is 10.5. The van der Waals surface area contributed by atoms with E-state index < -0.39 is 0 Å². The quantitative estimate of drug-likeness (QED) is 0.337. The number of esters is 1. The largest absolute Gasteiger partial charge is 0.693 e. The molecule has 0 aliphatic rings. The Labute approximate surface area is 107 Å². The van der Waals surface area contributed by atoms with Crippen LogP contribution in [0, 0.1) is 6.26 Å². The van der Waals surface area contributed by atoms with Crippen LogP contribution in [0.4, 0.5) is 0 Å². The minimum atomic E-state index is -0.130. The van der Waals surface area contributed by atoms with Crippen LogP contribution in [0.1, 0.15) is 13.3 Å². The van der Waals surface area contributed by atoms with Crippen molar-refractivity contribution in [2.75, 3.05) is 12.4 Å². The Balaban J connectivity index is -0.000000405. The van der Waals surface area contributed by atoms with E-state index in [0.717, 1.165) is 5.75 Å². The molecule has 0 rings (SSSR count). The molecule has 0 fully saturated rings. The van der Waals surface area contributed by atoms with Gasteiger partial charge in [0.25, 0.3) is 0 Å². The zero-order chi connectivity index (χ0) is 7.82. The molecule has 3 nitrogen and oxygen atoms in total. The minimum Gasteiger partial charge on any atom is -0.693 e. The zero-order valence-electron chi connectivity index (χ0n) is 7.12. The van der Waals surface area contributed by atoms with Crippen LogP contribution in [0.2, 0.25) is 0 Å². The molecule has 0 unspecified atom stereocenters. The average molecular weight is 284 g/mol. The second-order valence-corrected chi connectivity index (χ2v) is 3.81. The van der Waals surface area contributed by atoms with E-state index in [0.29, 0.717) is 13.0 Å². The molecule has 0 bridgehead atoms. The van der Waals surface area contributed by atoms with Crippen LogP contribution >= 0.6 is 21.6 Å². The number of nitrogens with two attached hydrogens (primary N) is 1. The molecular formula is C6H13NO2S2Y-2. The van der Waals surface area contributed by atoms with Crippen molar-refractivity contribution in [3.05, 3.63) is 12.4 Å². The number of carbonyl (C=O) groups is 1. The van der Waals surface area contributed by atoms with Gasteiger partial charge in [0.05, 0.1) is 0 Å². The van der Waals surface area contributed by atoms with Crippen LogP contribution in [0.15, 0.2) is 0 Å². The van der Waals surface area contributed by atoms with Gasteiger partial charge in [0, 0.05) is 44.9 Å². The summed E-state index contributed by atoms with van der Waals surface area (Å²) in [6.07, 6.45) is 4.02. The number of rotatable bonds is 5. The normalized spacial score (nSPS) is 7.83. The molecule has 2 N–H and O–H groups in total. The Morgan fingerprint density at radius 2 is 2.17 bits per heavy atom. The molecule has 0 spiro atoms. The smallest absolute Gasteiger partial charge is 0.305 e. The SMILES string of the molecule is [CH2-]SSCCOC(=O)CC.[NH2-].[Y]. The molecular weight excluding hydrogens is 271 g/mol. The zero-order valence-corrected chi connectivity index (χ0v) is 11.6. The van der Waals surface area contributed by atoms with Crippen molar-refractivity contribution in [2.45, 2.75) is 13.3 Å². The summed E-state index contributed by atoms with van der Waals surface area (Å²) in [5.74, 6) is 0.689. The van der Waals surface area contributed by atoms with Crippen LogP contribution in [0.3, 0.4) is 0 Å². The van der Waals surface area contributed by atoms with Gasteiger partial charge in [-0.25, -0.2) is 0 Å². The van der Waals surface area contributed by atoms with Crippen molar-refractivity contribution >= 4 is 27.6 Å². The molecule has 1 radical (unpaired) electrons. The molecule has 71 valence electrons. The number of hydrogen-bond donors (Lipinski definition) is 0. The summed E-state index contributed by atoms with van der Waals surface area (Å²) in [5.41, 5.74) is 0. The summed E-state index contributed by atoms with van der Waals surface area (Å²) < 4.78 is 4.79. The van der Waals surface area contributed by atoms with Crippen molar-refractivity contribution in [3.63, 3.8) is 0 Å². The third-order valence-electron chi connectivity index (χ3n) is 0.802. The second-order valence-electron chi connectivity index (χ2n) is 1.51. The first-order chi connectivity index (χ1) is 4.81. The molecule has 0 saturated heterocycles. The Hall–Kier alpha value is 1.23. The first-order valence-electron chi connectivity index (χ1n) is 3.00. The fraction of sp³-hybridized carbons (Fsp3) is 0.667. The molecule has 0 aromatic rings. The van der Waals surface area contributed by atoms with E-state index in [1.54, 1.807) is 17.7 Å². The third-order valence-corrected chi connectivity index (χ3v) is 2.30. The van der Waals surface area contributed by atoms with Gasteiger partial charge in [-0.1, -0.05) is 6.92 Å². The maximum atomic E-state index is 10.5. The standard InChI is InChI=1S/C6H11O2S2.H2N.Y/c1-3-6(7)8-4-5-10-9-2;;/h2-5H2,1H3;1H2;/q2*-1;. The third kappa shape index (κ3) is 13.8. The van der Waals surface area contributed by atoms with E-state index in [4.69, 9.17) is 4.74 Å². The van der Waals surface area contributed by atoms with Gasteiger partial charge < -0.3 is 10.9 Å². The van der Waals surface area contributed by atoms with E-state index in [9.17, 15) is 4.79 Å². The molecule has 0 aliphatic heterocycles. The van der Waals surface area contributed by atoms with Gasteiger partial charge in [0.2, 0.25) is 0 Å². The minimum absolute atomic E-state index is 0. The van der Waals surface area contributed by atoms with Crippen molar-refractivity contribution in [2.24, 2.45) is 0 Å². The molecule has 0 aliphatic carbocycles. The monoisotopic (exact) mass is 284 g/mol. The van der Waals surface area contributed by atoms with Crippen molar-refractivity contribution < 1.29 is 42.2 Å². The van der Waals surface area contributed by atoms with Crippen molar-refractivity contribution in [1.82, 2.24) is 0 Å². The van der Waals surface area contributed by atoms with Gasteiger partial charge in [0.15, 0.2) is 0 Å². The molecule has 0 amide bonds. The van der Waals surface area contributed by atoms with Gasteiger partial charge in [-0.05, 0) is 0 Å². The molecule has 0 aromatic carbocycles. The first kappa shape index (κ1) is 18.9. The molecule has 6 heteroatoms. The van der Waals surface area contributed by atoms with E-state index >= 15 is 0 Å². The van der Waals surface area contributed by atoms with Crippen molar-refractivity contribution in [3.8, 4) is 0 Å².